The number of carbonyl (C=O) groups is 1. The Labute approximate surface area is 115 Å². The average Bonchev–Trinajstić information content (AvgIpc) is 2.74. The minimum absolute atomic E-state index is 0.288. The molecule has 0 N–H and O–H groups in total. The zero-order chi connectivity index (χ0) is 14.0. The number of Topliss-reactive ketones (excluding diaryl/α,β-unsaturated/α-hetero) is 1. The second-order valence-electron chi connectivity index (χ2n) is 6.18. The summed E-state index contributed by atoms with van der Waals surface area (Å²) >= 11 is 0. The van der Waals surface area contributed by atoms with Crippen molar-refractivity contribution in [3.05, 3.63) is 18.2 Å². The highest BCUT2D eigenvalue weighted by Gasteiger charge is 2.43. The molecule has 4 heteroatoms. The molecule has 1 aliphatic rings. The molecule has 1 saturated carbocycles. The van der Waals surface area contributed by atoms with Gasteiger partial charge in [0.25, 0.3) is 0 Å². The molecule has 0 bridgehead atoms. The maximum Gasteiger partial charge on any atom is 0.160 e. The fraction of sp³-hybridized carbons (Fsp3) is 0.733. The predicted octanol–water partition coefficient (Wildman–Crippen LogP) is 2.04. The Morgan fingerprint density at radius 2 is 2.32 bits per heavy atom. The van der Waals surface area contributed by atoms with Crippen molar-refractivity contribution in [1.29, 1.82) is 0 Å². The molecular weight excluding hydrogens is 238 g/mol. The molecule has 106 valence electrons. The molecule has 0 aromatic carbocycles. The van der Waals surface area contributed by atoms with Crippen molar-refractivity contribution in [2.75, 3.05) is 14.1 Å². The average molecular weight is 263 g/mol. The van der Waals surface area contributed by atoms with Crippen molar-refractivity contribution in [3.63, 3.8) is 0 Å². The van der Waals surface area contributed by atoms with E-state index in [0.717, 1.165) is 25.1 Å². The summed E-state index contributed by atoms with van der Waals surface area (Å²) in [6.07, 6.45) is 8.44. The number of nitrogens with zero attached hydrogens (tertiary/aromatic N) is 3. The van der Waals surface area contributed by atoms with Gasteiger partial charge in [0.1, 0.15) is 5.82 Å². The first-order valence-electron chi connectivity index (χ1n) is 7.12. The minimum Gasteiger partial charge on any atom is -0.338 e. The molecule has 1 aromatic rings. The van der Waals surface area contributed by atoms with Gasteiger partial charge in [-0.05, 0) is 32.9 Å². The van der Waals surface area contributed by atoms with E-state index in [2.05, 4.69) is 16.8 Å². The van der Waals surface area contributed by atoms with E-state index in [9.17, 15) is 4.79 Å². The molecule has 0 spiro atoms. The van der Waals surface area contributed by atoms with Gasteiger partial charge in [0, 0.05) is 19.4 Å². The zero-order valence-corrected chi connectivity index (χ0v) is 12.5. The van der Waals surface area contributed by atoms with Gasteiger partial charge in [-0.2, -0.15) is 0 Å². The van der Waals surface area contributed by atoms with Crippen LogP contribution < -0.4 is 0 Å². The fourth-order valence-corrected chi connectivity index (χ4v) is 3.31. The molecule has 1 heterocycles. The monoisotopic (exact) mass is 263 g/mol. The van der Waals surface area contributed by atoms with E-state index in [1.54, 1.807) is 6.20 Å². The van der Waals surface area contributed by atoms with Crippen molar-refractivity contribution in [2.45, 2.75) is 44.6 Å². The number of hydrogen-bond acceptors (Lipinski definition) is 3. The van der Waals surface area contributed by atoms with Crippen LogP contribution in [0.5, 0.6) is 0 Å². The molecule has 1 fully saturated rings. The number of aryl methyl sites for hydroxylation is 1. The number of rotatable bonds is 4. The van der Waals surface area contributed by atoms with Gasteiger partial charge in [-0.1, -0.05) is 19.8 Å². The highest BCUT2D eigenvalue weighted by atomic mass is 16.1. The lowest BCUT2D eigenvalue weighted by Gasteiger charge is -2.43. The Morgan fingerprint density at radius 3 is 2.84 bits per heavy atom. The van der Waals surface area contributed by atoms with Gasteiger partial charge in [0.2, 0.25) is 0 Å². The molecule has 2 unspecified atom stereocenters. The van der Waals surface area contributed by atoms with Crippen LogP contribution in [0.25, 0.3) is 0 Å². The third kappa shape index (κ3) is 2.73. The Hall–Kier alpha value is -1.16. The SMILES string of the molecule is CC1CCCC(C(=O)Cc2nccn2C)(N(C)C)C1. The van der Waals surface area contributed by atoms with Crippen molar-refractivity contribution in [1.82, 2.24) is 14.5 Å². The number of hydrogen-bond donors (Lipinski definition) is 0. The summed E-state index contributed by atoms with van der Waals surface area (Å²) in [7, 11) is 6.02. The summed E-state index contributed by atoms with van der Waals surface area (Å²) in [6.45, 7) is 2.26. The standard InChI is InChI=1S/C15H25N3O/c1-12-6-5-7-15(11-12,17(2)3)13(19)10-14-16-8-9-18(14)4/h8-9,12H,5-7,10-11H2,1-4H3. The first kappa shape index (κ1) is 14.3. The largest absolute Gasteiger partial charge is 0.338 e. The number of likely N-dealkylation sites (N-methyl/N-ethyl adjacent to an activating group) is 1. The first-order valence-corrected chi connectivity index (χ1v) is 7.12. The molecule has 2 rings (SSSR count). The van der Waals surface area contributed by atoms with E-state index in [-0.39, 0.29) is 5.54 Å². The summed E-state index contributed by atoms with van der Waals surface area (Å²) in [4.78, 5) is 19.2. The second-order valence-corrected chi connectivity index (χ2v) is 6.18. The summed E-state index contributed by atoms with van der Waals surface area (Å²) < 4.78 is 1.94. The van der Waals surface area contributed by atoms with E-state index < -0.39 is 0 Å². The molecule has 0 amide bonds. The molecular formula is C15H25N3O. The molecule has 1 aliphatic carbocycles. The van der Waals surface area contributed by atoms with Crippen LogP contribution in [0.3, 0.4) is 0 Å². The van der Waals surface area contributed by atoms with Gasteiger partial charge in [-0.25, -0.2) is 4.98 Å². The van der Waals surface area contributed by atoms with Crippen LogP contribution in [0.1, 0.15) is 38.4 Å². The first-order chi connectivity index (χ1) is 8.95. The van der Waals surface area contributed by atoms with Crippen LogP contribution in [0, 0.1) is 5.92 Å². The van der Waals surface area contributed by atoms with E-state index in [1.165, 1.54) is 6.42 Å². The highest BCUT2D eigenvalue weighted by Crippen LogP contribution is 2.37. The smallest absolute Gasteiger partial charge is 0.160 e. The normalized spacial score (nSPS) is 27.7. The second kappa shape index (κ2) is 5.45. The summed E-state index contributed by atoms with van der Waals surface area (Å²) in [6, 6.07) is 0. The number of carbonyl (C=O) groups excluding carboxylic acids is 1. The Kier molecular flexibility index (Phi) is 4.09. The Bertz CT molecular complexity index is 452. The van der Waals surface area contributed by atoms with E-state index in [1.807, 2.05) is 31.9 Å². The van der Waals surface area contributed by atoms with E-state index >= 15 is 0 Å². The zero-order valence-electron chi connectivity index (χ0n) is 12.5. The lowest BCUT2D eigenvalue weighted by molar-refractivity contribution is -0.132. The minimum atomic E-state index is -0.288. The summed E-state index contributed by atoms with van der Waals surface area (Å²) in [5, 5.41) is 0. The third-order valence-electron chi connectivity index (χ3n) is 4.59. The van der Waals surface area contributed by atoms with Crippen molar-refractivity contribution in [3.8, 4) is 0 Å². The van der Waals surface area contributed by atoms with Gasteiger partial charge in [-0.15, -0.1) is 0 Å². The molecule has 0 aliphatic heterocycles. The maximum atomic E-state index is 12.8. The quantitative estimate of drug-likeness (QED) is 0.834. The Balaban J connectivity index is 2.19. The number of imidazole rings is 1. The Morgan fingerprint density at radius 1 is 1.58 bits per heavy atom. The van der Waals surface area contributed by atoms with E-state index in [0.29, 0.717) is 18.1 Å². The van der Waals surface area contributed by atoms with E-state index in [4.69, 9.17) is 0 Å². The van der Waals surface area contributed by atoms with Crippen LogP contribution in [0.15, 0.2) is 12.4 Å². The van der Waals surface area contributed by atoms with Gasteiger partial charge in [0.15, 0.2) is 5.78 Å². The van der Waals surface area contributed by atoms with Crippen LogP contribution in [-0.4, -0.2) is 39.9 Å². The van der Waals surface area contributed by atoms with Crippen LogP contribution in [0.4, 0.5) is 0 Å². The molecule has 4 nitrogen and oxygen atoms in total. The summed E-state index contributed by atoms with van der Waals surface area (Å²) in [5.74, 6) is 1.81. The van der Waals surface area contributed by atoms with Crippen LogP contribution in [0.2, 0.25) is 0 Å². The molecule has 0 radical (unpaired) electrons. The summed E-state index contributed by atoms with van der Waals surface area (Å²) in [5.41, 5.74) is -0.288. The maximum absolute atomic E-state index is 12.8. The van der Waals surface area contributed by atoms with Gasteiger partial charge in [-0.3, -0.25) is 9.69 Å². The van der Waals surface area contributed by atoms with Gasteiger partial charge in [0.05, 0.1) is 12.0 Å². The van der Waals surface area contributed by atoms with Crippen LogP contribution in [-0.2, 0) is 18.3 Å². The van der Waals surface area contributed by atoms with Crippen LogP contribution >= 0.6 is 0 Å². The lowest BCUT2D eigenvalue weighted by Crippen LogP contribution is -2.54. The number of ketones is 1. The third-order valence-corrected chi connectivity index (χ3v) is 4.59. The molecule has 2 atom stereocenters. The fourth-order valence-electron chi connectivity index (χ4n) is 3.31. The topological polar surface area (TPSA) is 38.1 Å². The molecule has 1 aromatic heterocycles. The van der Waals surface area contributed by atoms with Crippen molar-refractivity contribution >= 4 is 5.78 Å². The van der Waals surface area contributed by atoms with Gasteiger partial charge < -0.3 is 4.57 Å². The van der Waals surface area contributed by atoms with Crippen molar-refractivity contribution < 1.29 is 4.79 Å². The van der Waals surface area contributed by atoms with Crippen molar-refractivity contribution in [2.24, 2.45) is 13.0 Å². The number of aromatic nitrogens is 2. The lowest BCUT2D eigenvalue weighted by atomic mass is 9.72. The van der Waals surface area contributed by atoms with Gasteiger partial charge >= 0.3 is 0 Å². The highest BCUT2D eigenvalue weighted by molar-refractivity contribution is 5.89. The predicted molar refractivity (Wildman–Crippen MR) is 76.0 cm³/mol. The molecule has 19 heavy (non-hydrogen) atoms. The molecule has 0 saturated heterocycles.